The predicted molar refractivity (Wildman–Crippen MR) is 121 cm³/mol. The maximum atomic E-state index is 13.6. The smallest absolute Gasteiger partial charge is 0.196 e. The van der Waals surface area contributed by atoms with E-state index in [1.807, 2.05) is 0 Å². The van der Waals surface area contributed by atoms with E-state index < -0.39 is 11.2 Å². The molecule has 0 bridgehead atoms. The Morgan fingerprint density at radius 3 is 1.47 bits per heavy atom. The van der Waals surface area contributed by atoms with Gasteiger partial charge in [-0.3, -0.25) is 14.3 Å². The molecule has 0 saturated heterocycles. The number of carbonyl (C=O) groups excluding carboxylic acids is 2. The van der Waals surface area contributed by atoms with Gasteiger partial charge in [0.05, 0.1) is 33.7 Å². The second-order valence-electron chi connectivity index (χ2n) is 10.1. The Balaban J connectivity index is 1.65. The number of nitrogen functional groups attached to an aromatic ring is 1. The van der Waals surface area contributed by atoms with E-state index in [0.717, 1.165) is 38.5 Å². The number of hydrogen-bond donors (Lipinski definition) is 3. The molecule has 170 valence electrons. The van der Waals surface area contributed by atoms with Gasteiger partial charge in [-0.25, -0.2) is 0 Å². The highest BCUT2D eigenvalue weighted by Gasteiger charge is 2.42. The van der Waals surface area contributed by atoms with Crippen molar-refractivity contribution >= 4 is 11.6 Å². The topological polar surface area (TPSA) is 106 Å². The van der Waals surface area contributed by atoms with E-state index in [2.05, 4.69) is 0 Å². The van der Waals surface area contributed by atoms with Gasteiger partial charge in [-0.2, -0.15) is 0 Å². The average molecular weight is 437 g/mol. The molecule has 3 aliphatic rings. The van der Waals surface area contributed by atoms with Gasteiger partial charge in [0.15, 0.2) is 11.6 Å². The number of fused-ring (bicyclic) bond motifs is 2. The van der Waals surface area contributed by atoms with E-state index >= 15 is 0 Å². The summed E-state index contributed by atoms with van der Waals surface area (Å²) in [4.78, 5) is 27.2. The summed E-state index contributed by atoms with van der Waals surface area (Å²) in [6.45, 7) is 0. The Kier molecular flexibility index (Phi) is 5.25. The number of aromatic nitrogens is 1. The van der Waals surface area contributed by atoms with Gasteiger partial charge in [0.25, 0.3) is 0 Å². The summed E-state index contributed by atoms with van der Waals surface area (Å²) in [5.74, 6) is 6.15. The first-order valence-corrected chi connectivity index (χ1v) is 12.0. The Hall–Kier alpha value is -2.44. The van der Waals surface area contributed by atoms with Crippen molar-refractivity contribution in [2.75, 3.05) is 5.84 Å². The van der Waals surface area contributed by atoms with Crippen molar-refractivity contribution in [3.05, 3.63) is 57.9 Å². The van der Waals surface area contributed by atoms with E-state index in [-0.39, 0.29) is 24.4 Å². The second kappa shape index (κ2) is 7.85. The molecule has 0 spiro atoms. The molecule has 2 aromatic rings. The molecular formula is C26H32N2O4. The number of nitrogens with zero attached hydrogens (tertiary/aromatic N) is 1. The number of nitrogens with two attached hydrogens (primary N) is 1. The molecule has 0 amide bonds. The zero-order chi connectivity index (χ0) is 22.5. The Morgan fingerprint density at radius 1 is 0.719 bits per heavy atom. The van der Waals surface area contributed by atoms with Gasteiger partial charge in [0.2, 0.25) is 0 Å². The van der Waals surface area contributed by atoms with Crippen LogP contribution in [0.3, 0.4) is 0 Å². The number of carbonyl (C=O) groups is 2. The highest BCUT2D eigenvalue weighted by atomic mass is 16.3. The summed E-state index contributed by atoms with van der Waals surface area (Å²) in [5, 5.41) is 22.5. The normalized spacial score (nSPS) is 21.8. The molecule has 3 aliphatic carbocycles. The maximum Gasteiger partial charge on any atom is 0.196 e. The highest BCUT2D eigenvalue weighted by molar-refractivity contribution is 6.29. The van der Waals surface area contributed by atoms with Crippen LogP contribution >= 0.6 is 0 Å². The fraction of sp³-hybridized carbons (Fsp3) is 0.538. The van der Waals surface area contributed by atoms with Crippen molar-refractivity contribution in [2.45, 2.75) is 88.3 Å². The van der Waals surface area contributed by atoms with Crippen LogP contribution in [0.5, 0.6) is 0 Å². The minimum absolute atomic E-state index is 0.217. The highest BCUT2D eigenvalue weighted by Crippen LogP contribution is 2.40. The quantitative estimate of drug-likeness (QED) is 0.543. The number of rotatable bonds is 4. The molecule has 1 heterocycles. The Bertz CT molecular complexity index is 989. The summed E-state index contributed by atoms with van der Waals surface area (Å²) in [7, 11) is 0. The van der Waals surface area contributed by atoms with Gasteiger partial charge in [-0.15, -0.1) is 0 Å². The lowest BCUT2D eigenvalue weighted by atomic mass is 9.77. The standard InChI is InChI=1S/C26H32N2O4/c27-28-19(15-25(31)11-5-1-6-12-25)21-22(20(28)16-26(32)13-7-2-8-14-26)24(30)18-10-4-3-9-17(18)23(21)29/h3-4,9-10,31-32H,1-2,5-8,11-16,27H2. The number of aliphatic hydroxyl groups is 2. The lowest BCUT2D eigenvalue weighted by Crippen LogP contribution is -2.37. The summed E-state index contributed by atoms with van der Waals surface area (Å²) < 4.78 is 1.45. The molecule has 0 unspecified atom stereocenters. The van der Waals surface area contributed by atoms with Crippen LogP contribution in [0.25, 0.3) is 0 Å². The fourth-order valence-corrected chi connectivity index (χ4v) is 6.07. The van der Waals surface area contributed by atoms with E-state index in [1.165, 1.54) is 4.68 Å². The third-order valence-corrected chi connectivity index (χ3v) is 7.84. The molecule has 2 fully saturated rings. The molecule has 6 nitrogen and oxygen atoms in total. The van der Waals surface area contributed by atoms with Gasteiger partial charge in [0, 0.05) is 24.0 Å². The minimum atomic E-state index is -0.930. The second-order valence-corrected chi connectivity index (χ2v) is 10.1. The Morgan fingerprint density at radius 2 is 1.09 bits per heavy atom. The minimum Gasteiger partial charge on any atom is -0.389 e. The van der Waals surface area contributed by atoms with Gasteiger partial charge >= 0.3 is 0 Å². The van der Waals surface area contributed by atoms with E-state index in [0.29, 0.717) is 59.3 Å². The summed E-state index contributed by atoms with van der Waals surface area (Å²) >= 11 is 0. The first-order valence-electron chi connectivity index (χ1n) is 12.0. The average Bonchev–Trinajstić information content (AvgIpc) is 3.04. The summed E-state index contributed by atoms with van der Waals surface area (Å²) in [6.07, 6.45) is 9.04. The van der Waals surface area contributed by atoms with Gasteiger partial charge in [0.1, 0.15) is 0 Å². The van der Waals surface area contributed by atoms with Gasteiger partial charge < -0.3 is 16.1 Å². The monoisotopic (exact) mass is 436 g/mol. The van der Waals surface area contributed by atoms with E-state index in [9.17, 15) is 19.8 Å². The lowest BCUT2D eigenvalue weighted by Gasteiger charge is -2.33. The molecule has 5 rings (SSSR count). The van der Waals surface area contributed by atoms with Crippen LogP contribution < -0.4 is 5.84 Å². The summed E-state index contributed by atoms with van der Waals surface area (Å²) in [6, 6.07) is 6.88. The van der Waals surface area contributed by atoms with E-state index in [4.69, 9.17) is 5.84 Å². The molecule has 32 heavy (non-hydrogen) atoms. The van der Waals surface area contributed by atoms with Crippen molar-refractivity contribution in [2.24, 2.45) is 0 Å². The number of hydrogen-bond acceptors (Lipinski definition) is 5. The molecular weight excluding hydrogens is 404 g/mol. The largest absolute Gasteiger partial charge is 0.389 e. The van der Waals surface area contributed by atoms with Crippen LogP contribution in [0, 0.1) is 0 Å². The van der Waals surface area contributed by atoms with Crippen molar-refractivity contribution in [3.8, 4) is 0 Å². The van der Waals surface area contributed by atoms with Gasteiger partial charge in [-0.1, -0.05) is 62.8 Å². The predicted octanol–water partition coefficient (Wildman–Crippen LogP) is 3.45. The zero-order valence-electron chi connectivity index (χ0n) is 18.5. The van der Waals surface area contributed by atoms with Crippen LogP contribution in [0.1, 0.15) is 107 Å². The van der Waals surface area contributed by atoms with Crippen LogP contribution in [0.15, 0.2) is 24.3 Å². The fourth-order valence-electron chi connectivity index (χ4n) is 6.07. The summed E-state index contributed by atoms with van der Waals surface area (Å²) in [5.41, 5.74) is 0.597. The Labute approximate surface area is 188 Å². The molecule has 4 N–H and O–H groups in total. The molecule has 2 saturated carbocycles. The van der Waals surface area contributed by atoms with Crippen molar-refractivity contribution in [3.63, 3.8) is 0 Å². The van der Waals surface area contributed by atoms with E-state index in [1.54, 1.807) is 24.3 Å². The number of ketones is 2. The van der Waals surface area contributed by atoms with Crippen LogP contribution in [-0.2, 0) is 12.8 Å². The van der Waals surface area contributed by atoms with Crippen molar-refractivity contribution < 1.29 is 19.8 Å². The molecule has 6 heteroatoms. The lowest BCUT2D eigenvalue weighted by molar-refractivity contribution is 0.00141. The third kappa shape index (κ3) is 3.50. The number of benzene rings is 1. The van der Waals surface area contributed by atoms with Crippen LogP contribution in [-0.4, -0.2) is 37.7 Å². The molecule has 1 aromatic heterocycles. The van der Waals surface area contributed by atoms with Gasteiger partial charge in [-0.05, 0) is 25.7 Å². The van der Waals surface area contributed by atoms with Crippen molar-refractivity contribution in [1.82, 2.24) is 4.68 Å². The molecule has 0 aliphatic heterocycles. The molecule has 0 atom stereocenters. The van der Waals surface area contributed by atoms with Crippen molar-refractivity contribution in [1.29, 1.82) is 0 Å². The molecule has 1 aromatic carbocycles. The van der Waals surface area contributed by atoms with Crippen LogP contribution in [0.4, 0.5) is 0 Å². The van der Waals surface area contributed by atoms with Crippen LogP contribution in [0.2, 0.25) is 0 Å². The molecule has 0 radical (unpaired) electrons. The first-order chi connectivity index (χ1) is 15.3. The zero-order valence-corrected chi connectivity index (χ0v) is 18.5. The SMILES string of the molecule is Nn1c(CC2(O)CCCCC2)c2c(c1CC1(O)CCCCC1)C(=O)c1ccccc1C2=O. The first kappa shape index (κ1) is 21.4. The maximum absolute atomic E-state index is 13.6. The third-order valence-electron chi connectivity index (χ3n) is 7.84.